The molecule has 0 radical (unpaired) electrons. The number of benzene rings is 2. The molecule has 1 amide bonds. The normalized spacial score (nSPS) is 11.1. The molecular weight excluding hydrogens is 303 g/mol. The Labute approximate surface area is 143 Å². The summed E-state index contributed by atoms with van der Waals surface area (Å²) in [6.07, 6.45) is 0. The first kappa shape index (κ1) is 18.1. The van der Waals surface area contributed by atoms with Crippen LogP contribution in [0.5, 0.6) is 0 Å². The quantitative estimate of drug-likeness (QED) is 0.840. The van der Waals surface area contributed by atoms with E-state index < -0.39 is 0 Å². The molecule has 0 saturated heterocycles. The molecule has 0 fully saturated rings. The van der Waals surface area contributed by atoms with Gasteiger partial charge in [0, 0.05) is 18.7 Å². The highest BCUT2D eigenvalue weighted by atomic mass is 19.1. The van der Waals surface area contributed by atoms with E-state index in [4.69, 9.17) is 0 Å². The highest BCUT2D eigenvalue weighted by Crippen LogP contribution is 2.15. The van der Waals surface area contributed by atoms with Crippen LogP contribution in [0.15, 0.2) is 48.5 Å². The van der Waals surface area contributed by atoms with Gasteiger partial charge in [-0.1, -0.05) is 56.3 Å². The van der Waals surface area contributed by atoms with Gasteiger partial charge < -0.3 is 5.32 Å². The van der Waals surface area contributed by atoms with Gasteiger partial charge >= 0.3 is 0 Å². The van der Waals surface area contributed by atoms with Crippen molar-refractivity contribution in [2.45, 2.75) is 32.9 Å². The Kier molecular flexibility index (Phi) is 6.50. The molecule has 24 heavy (non-hydrogen) atoms. The van der Waals surface area contributed by atoms with E-state index in [0.29, 0.717) is 18.0 Å². The van der Waals surface area contributed by atoms with Crippen LogP contribution >= 0.6 is 0 Å². The molecular formula is C20H25FN2O. The summed E-state index contributed by atoms with van der Waals surface area (Å²) in [5.41, 5.74) is 2.98. The average molecular weight is 328 g/mol. The molecule has 0 aliphatic heterocycles. The van der Waals surface area contributed by atoms with E-state index in [1.165, 1.54) is 17.2 Å². The van der Waals surface area contributed by atoms with E-state index in [9.17, 15) is 9.18 Å². The minimum Gasteiger partial charge on any atom is -0.351 e. The monoisotopic (exact) mass is 328 g/mol. The van der Waals surface area contributed by atoms with Crippen molar-refractivity contribution >= 4 is 5.91 Å². The number of nitrogens with one attached hydrogen (secondary N) is 1. The summed E-state index contributed by atoms with van der Waals surface area (Å²) in [4.78, 5) is 13.9. The Morgan fingerprint density at radius 2 is 1.79 bits per heavy atom. The number of hydrogen-bond acceptors (Lipinski definition) is 2. The second-order valence-electron chi connectivity index (χ2n) is 6.44. The molecule has 1 N–H and O–H groups in total. The molecule has 4 heteroatoms. The van der Waals surface area contributed by atoms with Gasteiger partial charge in [0.15, 0.2) is 0 Å². The Balaban J connectivity index is 1.80. The van der Waals surface area contributed by atoms with Crippen molar-refractivity contribution in [1.29, 1.82) is 0 Å². The minimum absolute atomic E-state index is 0.112. The lowest BCUT2D eigenvalue weighted by Crippen LogP contribution is -2.34. The highest BCUT2D eigenvalue weighted by molar-refractivity contribution is 5.77. The van der Waals surface area contributed by atoms with Crippen LogP contribution < -0.4 is 5.32 Å². The van der Waals surface area contributed by atoms with Gasteiger partial charge in [-0.25, -0.2) is 4.39 Å². The Bertz CT molecular complexity index is 668. The Morgan fingerprint density at radius 1 is 1.12 bits per heavy atom. The van der Waals surface area contributed by atoms with Gasteiger partial charge in [-0.2, -0.15) is 0 Å². The third kappa shape index (κ3) is 5.46. The predicted molar refractivity (Wildman–Crippen MR) is 95.1 cm³/mol. The molecule has 0 aromatic heterocycles. The van der Waals surface area contributed by atoms with Crippen molar-refractivity contribution in [3.63, 3.8) is 0 Å². The maximum Gasteiger partial charge on any atom is 0.234 e. The van der Waals surface area contributed by atoms with Crippen LogP contribution in [0, 0.1) is 5.82 Å². The largest absolute Gasteiger partial charge is 0.351 e. The summed E-state index contributed by atoms with van der Waals surface area (Å²) < 4.78 is 13.5. The van der Waals surface area contributed by atoms with Crippen molar-refractivity contribution in [1.82, 2.24) is 10.2 Å². The highest BCUT2D eigenvalue weighted by Gasteiger charge is 2.09. The van der Waals surface area contributed by atoms with Gasteiger partial charge in [0.05, 0.1) is 6.54 Å². The maximum atomic E-state index is 13.5. The summed E-state index contributed by atoms with van der Waals surface area (Å²) in [6, 6.07) is 14.9. The molecule has 2 rings (SSSR count). The van der Waals surface area contributed by atoms with Gasteiger partial charge in [-0.15, -0.1) is 0 Å². The fourth-order valence-electron chi connectivity index (χ4n) is 2.51. The zero-order valence-electron chi connectivity index (χ0n) is 14.6. The van der Waals surface area contributed by atoms with Gasteiger partial charge in [-0.3, -0.25) is 9.69 Å². The van der Waals surface area contributed by atoms with Gasteiger partial charge in [0.25, 0.3) is 0 Å². The molecule has 0 saturated carbocycles. The summed E-state index contributed by atoms with van der Waals surface area (Å²) >= 11 is 0. The van der Waals surface area contributed by atoms with Crippen molar-refractivity contribution in [3.8, 4) is 0 Å². The lowest BCUT2D eigenvalue weighted by Gasteiger charge is -2.17. The third-order valence-electron chi connectivity index (χ3n) is 3.95. The van der Waals surface area contributed by atoms with E-state index in [1.807, 2.05) is 11.9 Å². The molecule has 0 unspecified atom stereocenters. The molecule has 2 aromatic rings. The molecule has 0 aliphatic rings. The van der Waals surface area contributed by atoms with Gasteiger partial charge in [0.2, 0.25) is 5.91 Å². The number of halogens is 1. The summed E-state index contributed by atoms with van der Waals surface area (Å²) in [5.74, 6) is 0.108. The average Bonchev–Trinajstić information content (AvgIpc) is 2.54. The van der Waals surface area contributed by atoms with E-state index in [2.05, 4.69) is 43.4 Å². The second kappa shape index (κ2) is 8.60. The van der Waals surface area contributed by atoms with Crippen molar-refractivity contribution in [3.05, 3.63) is 71.0 Å². The van der Waals surface area contributed by atoms with Crippen molar-refractivity contribution < 1.29 is 9.18 Å². The van der Waals surface area contributed by atoms with Crippen LogP contribution in [0.2, 0.25) is 0 Å². The van der Waals surface area contributed by atoms with E-state index in [0.717, 1.165) is 0 Å². The number of amides is 1. The third-order valence-corrected chi connectivity index (χ3v) is 3.95. The lowest BCUT2D eigenvalue weighted by molar-refractivity contribution is -0.122. The zero-order chi connectivity index (χ0) is 17.5. The van der Waals surface area contributed by atoms with E-state index in [1.54, 1.807) is 18.2 Å². The number of nitrogens with zero attached hydrogens (tertiary/aromatic N) is 1. The molecule has 0 aliphatic carbocycles. The van der Waals surface area contributed by atoms with Crippen LogP contribution in [0.4, 0.5) is 4.39 Å². The van der Waals surface area contributed by atoms with Crippen LogP contribution in [0.25, 0.3) is 0 Å². The fourth-order valence-corrected chi connectivity index (χ4v) is 2.51. The molecule has 3 nitrogen and oxygen atoms in total. The SMILES string of the molecule is CC(C)c1ccc(CN(C)CC(=O)NCc2ccccc2F)cc1. The summed E-state index contributed by atoms with van der Waals surface area (Å²) in [7, 11) is 1.90. The van der Waals surface area contributed by atoms with Crippen LogP contribution in [0.1, 0.15) is 36.5 Å². The first-order chi connectivity index (χ1) is 11.5. The lowest BCUT2D eigenvalue weighted by atomic mass is 10.0. The zero-order valence-corrected chi connectivity index (χ0v) is 14.6. The number of carbonyl (C=O) groups is 1. The second-order valence-corrected chi connectivity index (χ2v) is 6.44. The molecule has 128 valence electrons. The van der Waals surface area contributed by atoms with Crippen LogP contribution in [-0.4, -0.2) is 24.4 Å². The van der Waals surface area contributed by atoms with Gasteiger partial charge in [-0.05, 0) is 30.2 Å². The molecule has 0 atom stereocenters. The number of hydrogen-bond donors (Lipinski definition) is 1. The van der Waals surface area contributed by atoms with E-state index in [-0.39, 0.29) is 24.8 Å². The maximum absolute atomic E-state index is 13.5. The number of rotatable bonds is 7. The first-order valence-corrected chi connectivity index (χ1v) is 8.23. The fraction of sp³-hybridized carbons (Fsp3) is 0.350. The molecule has 0 bridgehead atoms. The predicted octanol–water partition coefficient (Wildman–Crippen LogP) is 3.70. The van der Waals surface area contributed by atoms with E-state index >= 15 is 0 Å². The Morgan fingerprint density at radius 3 is 2.42 bits per heavy atom. The van der Waals surface area contributed by atoms with Crippen LogP contribution in [0.3, 0.4) is 0 Å². The number of likely N-dealkylation sites (N-methyl/N-ethyl adjacent to an activating group) is 1. The van der Waals surface area contributed by atoms with Crippen molar-refractivity contribution in [2.24, 2.45) is 0 Å². The first-order valence-electron chi connectivity index (χ1n) is 8.23. The van der Waals surface area contributed by atoms with Gasteiger partial charge in [0.1, 0.15) is 5.82 Å². The minimum atomic E-state index is -0.295. The van der Waals surface area contributed by atoms with Crippen LogP contribution in [-0.2, 0) is 17.9 Å². The standard InChI is InChI=1S/C20H25FN2O/c1-15(2)17-10-8-16(9-11-17)13-23(3)14-20(24)22-12-18-6-4-5-7-19(18)21/h4-11,15H,12-14H2,1-3H3,(H,22,24). The molecule has 2 aromatic carbocycles. The summed E-state index contributed by atoms with van der Waals surface area (Å²) in [6.45, 7) is 5.52. The number of carbonyl (C=O) groups excluding carboxylic acids is 1. The Hall–Kier alpha value is -2.20. The van der Waals surface area contributed by atoms with Crippen molar-refractivity contribution in [2.75, 3.05) is 13.6 Å². The molecule has 0 spiro atoms. The topological polar surface area (TPSA) is 32.3 Å². The smallest absolute Gasteiger partial charge is 0.234 e. The summed E-state index contributed by atoms with van der Waals surface area (Å²) in [5, 5.41) is 2.76. The molecule has 0 heterocycles.